The summed E-state index contributed by atoms with van der Waals surface area (Å²) in [6.07, 6.45) is 5.63. The third kappa shape index (κ3) is 5.61. The third-order valence-corrected chi connectivity index (χ3v) is 5.22. The zero-order valence-electron chi connectivity index (χ0n) is 16.8. The van der Waals surface area contributed by atoms with Gasteiger partial charge in [0.25, 0.3) is 6.43 Å². The topological polar surface area (TPSA) is 103 Å². The van der Waals surface area contributed by atoms with Gasteiger partial charge in [-0.25, -0.2) is 23.7 Å². The molecule has 0 radical (unpaired) electrons. The van der Waals surface area contributed by atoms with Crippen LogP contribution in [0.2, 0.25) is 0 Å². The molecule has 0 aromatic carbocycles. The van der Waals surface area contributed by atoms with Gasteiger partial charge in [-0.2, -0.15) is 0 Å². The zero-order valence-corrected chi connectivity index (χ0v) is 17.6. The summed E-state index contributed by atoms with van der Waals surface area (Å²) in [6, 6.07) is 2.11. The van der Waals surface area contributed by atoms with E-state index in [1.54, 1.807) is 18.1 Å². The molecule has 2 aromatic heterocycles. The number of anilines is 1. The number of alkyl halides is 2. The Morgan fingerprint density at radius 1 is 1.47 bits per heavy atom. The Bertz CT molecular complexity index is 876. The quantitative estimate of drug-likeness (QED) is 0.409. The molecule has 162 valence electrons. The summed E-state index contributed by atoms with van der Waals surface area (Å²) in [5.41, 5.74) is 0.528. The van der Waals surface area contributed by atoms with Gasteiger partial charge in [0.1, 0.15) is 18.0 Å². The van der Waals surface area contributed by atoms with E-state index in [-0.39, 0.29) is 12.1 Å². The summed E-state index contributed by atoms with van der Waals surface area (Å²) in [5.74, 6) is 1.17. The lowest BCUT2D eigenvalue weighted by Crippen LogP contribution is -2.52. The Labute approximate surface area is 178 Å². The van der Waals surface area contributed by atoms with Crippen LogP contribution < -0.4 is 9.62 Å². The molecule has 8 nitrogen and oxygen atoms in total. The van der Waals surface area contributed by atoms with Crippen LogP contribution in [0.4, 0.5) is 14.6 Å². The summed E-state index contributed by atoms with van der Waals surface area (Å²) in [5, 5.41) is 7.18. The van der Waals surface area contributed by atoms with Crippen molar-refractivity contribution in [3.63, 3.8) is 0 Å². The molecule has 3 rings (SSSR count). The summed E-state index contributed by atoms with van der Waals surface area (Å²) in [7, 11) is 0. The van der Waals surface area contributed by atoms with Crippen LogP contribution in [0.25, 0.3) is 17.5 Å². The lowest BCUT2D eigenvalue weighted by atomic mass is 10.1. The number of H-pyrrole nitrogens is 1. The van der Waals surface area contributed by atoms with Crippen LogP contribution in [0.3, 0.4) is 0 Å². The molecule has 3 N–H and O–H groups in total. The fraction of sp³-hybridized carbons (Fsp3) is 0.474. The number of halogens is 2. The van der Waals surface area contributed by atoms with Crippen molar-refractivity contribution in [3.8, 4) is 11.4 Å². The second-order valence-corrected chi connectivity index (χ2v) is 7.45. The van der Waals surface area contributed by atoms with Gasteiger partial charge in [0.2, 0.25) is 0 Å². The highest BCUT2D eigenvalue weighted by molar-refractivity contribution is 7.96. The van der Waals surface area contributed by atoms with Crippen molar-refractivity contribution >= 4 is 29.6 Å². The SMILES string of the molecule is CCC1COC(CNSC)CN1c1cc(-c2cnc(/C=C\C(=N)C(F)F)[nH]2)ncn1. The van der Waals surface area contributed by atoms with Crippen molar-refractivity contribution < 1.29 is 13.5 Å². The van der Waals surface area contributed by atoms with Crippen LogP contribution in [-0.4, -0.2) is 70.2 Å². The molecule has 11 heteroatoms. The maximum atomic E-state index is 12.4. The van der Waals surface area contributed by atoms with Gasteiger partial charge in [-0.05, 0) is 24.8 Å². The number of hydrogen-bond donors (Lipinski definition) is 3. The van der Waals surface area contributed by atoms with Crippen LogP contribution in [0.1, 0.15) is 19.2 Å². The molecule has 1 saturated heterocycles. The minimum atomic E-state index is -2.81. The number of morpholine rings is 1. The van der Waals surface area contributed by atoms with Crippen LogP contribution in [0.15, 0.2) is 24.7 Å². The molecule has 0 saturated carbocycles. The van der Waals surface area contributed by atoms with Crippen LogP contribution in [0, 0.1) is 5.41 Å². The van der Waals surface area contributed by atoms with Gasteiger partial charge in [0, 0.05) is 19.2 Å². The van der Waals surface area contributed by atoms with E-state index in [1.165, 1.54) is 12.4 Å². The molecule has 3 heterocycles. The van der Waals surface area contributed by atoms with Gasteiger partial charge in [-0.3, -0.25) is 10.1 Å². The molecule has 0 aliphatic carbocycles. The molecule has 1 fully saturated rings. The van der Waals surface area contributed by atoms with Crippen LogP contribution >= 0.6 is 11.9 Å². The summed E-state index contributed by atoms with van der Waals surface area (Å²) >= 11 is 1.56. The Kier molecular flexibility index (Phi) is 7.88. The molecular weight excluding hydrogens is 412 g/mol. The molecular formula is C19H25F2N7OS. The average Bonchev–Trinajstić information content (AvgIpc) is 3.25. The van der Waals surface area contributed by atoms with Gasteiger partial charge in [-0.15, -0.1) is 0 Å². The number of ether oxygens (including phenoxy) is 1. The van der Waals surface area contributed by atoms with Crippen LogP contribution in [-0.2, 0) is 4.74 Å². The van der Waals surface area contributed by atoms with Gasteiger partial charge in [-0.1, -0.05) is 18.9 Å². The van der Waals surface area contributed by atoms with E-state index in [0.717, 1.165) is 31.4 Å². The Hall–Kier alpha value is -2.37. The maximum Gasteiger partial charge on any atom is 0.279 e. The van der Waals surface area contributed by atoms with E-state index in [2.05, 4.69) is 36.5 Å². The second kappa shape index (κ2) is 10.6. The minimum absolute atomic E-state index is 0.0627. The minimum Gasteiger partial charge on any atom is -0.373 e. The predicted molar refractivity (Wildman–Crippen MR) is 115 cm³/mol. The van der Waals surface area contributed by atoms with E-state index in [4.69, 9.17) is 10.1 Å². The number of allylic oxidation sites excluding steroid dienone is 1. The van der Waals surface area contributed by atoms with E-state index >= 15 is 0 Å². The lowest BCUT2D eigenvalue weighted by Gasteiger charge is -2.40. The maximum absolute atomic E-state index is 12.4. The van der Waals surface area contributed by atoms with Gasteiger partial charge >= 0.3 is 0 Å². The first-order valence-electron chi connectivity index (χ1n) is 9.58. The van der Waals surface area contributed by atoms with Crippen LogP contribution in [0.5, 0.6) is 0 Å². The monoisotopic (exact) mass is 437 g/mol. The standard InChI is InChI=1S/C19H25F2N7OS/c1-3-12-10-29-13(7-26-30-2)9-28(12)18-6-15(24-11-25-18)16-8-23-17(27-16)5-4-14(22)19(20)21/h4-6,8,11-13,19,22,26H,3,7,9-10H2,1-2H3,(H,23,27)/b5-4-,22-14?. The Morgan fingerprint density at radius 2 is 2.30 bits per heavy atom. The molecule has 0 amide bonds. The average molecular weight is 438 g/mol. The molecule has 30 heavy (non-hydrogen) atoms. The fourth-order valence-corrected chi connectivity index (χ4v) is 3.47. The van der Waals surface area contributed by atoms with E-state index in [0.29, 0.717) is 23.8 Å². The number of rotatable bonds is 9. The first kappa shape index (κ1) is 22.3. The highest BCUT2D eigenvalue weighted by Gasteiger charge is 2.29. The summed E-state index contributed by atoms with van der Waals surface area (Å²) in [4.78, 5) is 18.2. The van der Waals surface area contributed by atoms with E-state index < -0.39 is 12.1 Å². The summed E-state index contributed by atoms with van der Waals surface area (Å²) in [6.45, 7) is 4.21. The van der Waals surface area contributed by atoms with Crippen molar-refractivity contribution in [2.75, 3.05) is 30.9 Å². The summed E-state index contributed by atoms with van der Waals surface area (Å²) < 4.78 is 34.1. The largest absolute Gasteiger partial charge is 0.373 e. The zero-order chi connectivity index (χ0) is 21.5. The molecule has 0 spiro atoms. The molecule has 1 aliphatic heterocycles. The van der Waals surface area contributed by atoms with Crippen molar-refractivity contribution in [2.24, 2.45) is 0 Å². The van der Waals surface area contributed by atoms with Gasteiger partial charge in [0.15, 0.2) is 0 Å². The first-order valence-corrected chi connectivity index (χ1v) is 10.8. The third-order valence-electron chi connectivity index (χ3n) is 4.77. The lowest BCUT2D eigenvalue weighted by molar-refractivity contribution is 0.0220. The Balaban J connectivity index is 1.77. The molecule has 0 bridgehead atoms. The highest BCUT2D eigenvalue weighted by Crippen LogP contribution is 2.25. The smallest absolute Gasteiger partial charge is 0.279 e. The Morgan fingerprint density at radius 3 is 3.03 bits per heavy atom. The molecule has 2 aromatic rings. The molecule has 2 unspecified atom stereocenters. The molecule has 2 atom stereocenters. The highest BCUT2D eigenvalue weighted by atomic mass is 32.2. The number of aromatic amines is 1. The van der Waals surface area contributed by atoms with E-state index in [9.17, 15) is 8.78 Å². The van der Waals surface area contributed by atoms with Crippen molar-refractivity contribution in [3.05, 3.63) is 30.5 Å². The molecule has 1 aliphatic rings. The second-order valence-electron chi connectivity index (χ2n) is 6.76. The number of imidazole rings is 1. The number of hydrogen-bond acceptors (Lipinski definition) is 8. The number of nitrogens with zero attached hydrogens (tertiary/aromatic N) is 4. The normalized spacial score (nSPS) is 19.7. The fourth-order valence-electron chi connectivity index (χ4n) is 3.12. The van der Waals surface area contributed by atoms with Gasteiger partial charge in [0.05, 0.1) is 42.0 Å². The number of nitrogens with one attached hydrogen (secondary N) is 3. The van der Waals surface area contributed by atoms with Gasteiger partial charge < -0.3 is 14.6 Å². The number of aromatic nitrogens is 4. The van der Waals surface area contributed by atoms with E-state index in [1.807, 2.05) is 12.3 Å². The predicted octanol–water partition coefficient (Wildman–Crippen LogP) is 3.02. The first-order chi connectivity index (χ1) is 14.5. The van der Waals surface area contributed by atoms with Crippen molar-refractivity contribution in [2.45, 2.75) is 31.9 Å². The van der Waals surface area contributed by atoms with Crippen molar-refractivity contribution in [1.29, 1.82) is 5.41 Å². The van der Waals surface area contributed by atoms with Crippen molar-refractivity contribution in [1.82, 2.24) is 24.7 Å².